The van der Waals surface area contributed by atoms with Crippen LogP contribution in [0.1, 0.15) is 36.9 Å². The maximum Gasteiger partial charge on any atom is 0.0772 e. The van der Waals surface area contributed by atoms with Crippen LogP contribution in [0.4, 0.5) is 0 Å². The van der Waals surface area contributed by atoms with Gasteiger partial charge in [-0.3, -0.25) is 0 Å². The molecule has 0 bridgehead atoms. The Morgan fingerprint density at radius 3 is 3.00 bits per heavy atom. The van der Waals surface area contributed by atoms with Gasteiger partial charge in [0.05, 0.1) is 18.8 Å². The molecule has 1 heterocycles. The van der Waals surface area contributed by atoms with Gasteiger partial charge in [-0.25, -0.2) is 0 Å². The summed E-state index contributed by atoms with van der Waals surface area (Å²) in [6.45, 7) is 2.88. The maximum atomic E-state index is 6.15. The lowest BCUT2D eigenvalue weighted by Crippen LogP contribution is -2.33. The van der Waals surface area contributed by atoms with E-state index in [9.17, 15) is 0 Å². The molecular formula is C12H17NO. The van der Waals surface area contributed by atoms with Gasteiger partial charge >= 0.3 is 0 Å². The smallest absolute Gasteiger partial charge is 0.0772 e. The Labute approximate surface area is 85.1 Å². The van der Waals surface area contributed by atoms with E-state index in [0.29, 0.717) is 6.61 Å². The van der Waals surface area contributed by atoms with Crippen LogP contribution in [0.3, 0.4) is 0 Å². The largest absolute Gasteiger partial charge is 0.372 e. The first-order valence-electron chi connectivity index (χ1n) is 5.28. The Kier molecular flexibility index (Phi) is 2.85. The van der Waals surface area contributed by atoms with Crippen molar-refractivity contribution in [2.75, 3.05) is 0 Å². The first-order chi connectivity index (χ1) is 6.83. The standard InChI is InChI=1S/C12H17NO/c1-2-5-11-12(13)10-7-4-3-6-9(10)8-14-11/h3-4,6-7,11-12H,2,5,8,13H2,1H3/t11-,12?/m0/s1. The fraction of sp³-hybridized carbons (Fsp3) is 0.500. The number of rotatable bonds is 2. The molecule has 0 saturated carbocycles. The van der Waals surface area contributed by atoms with E-state index in [-0.39, 0.29) is 12.1 Å². The van der Waals surface area contributed by atoms with Crippen molar-refractivity contribution in [3.8, 4) is 0 Å². The summed E-state index contributed by atoms with van der Waals surface area (Å²) in [7, 11) is 0. The fourth-order valence-corrected chi connectivity index (χ4v) is 2.04. The maximum absolute atomic E-state index is 6.15. The van der Waals surface area contributed by atoms with Gasteiger partial charge in [0.1, 0.15) is 0 Å². The molecule has 2 nitrogen and oxygen atoms in total. The van der Waals surface area contributed by atoms with Crippen LogP contribution in [0.25, 0.3) is 0 Å². The minimum Gasteiger partial charge on any atom is -0.372 e. The summed E-state index contributed by atoms with van der Waals surface area (Å²) < 4.78 is 5.73. The van der Waals surface area contributed by atoms with Gasteiger partial charge in [0, 0.05) is 0 Å². The van der Waals surface area contributed by atoms with E-state index in [2.05, 4.69) is 19.1 Å². The molecule has 0 spiro atoms. The van der Waals surface area contributed by atoms with Gasteiger partial charge in [0.2, 0.25) is 0 Å². The van der Waals surface area contributed by atoms with Crippen molar-refractivity contribution in [2.45, 2.75) is 38.5 Å². The lowest BCUT2D eigenvalue weighted by Gasteiger charge is -2.31. The topological polar surface area (TPSA) is 35.2 Å². The van der Waals surface area contributed by atoms with Gasteiger partial charge in [-0.1, -0.05) is 37.6 Å². The first kappa shape index (κ1) is 9.69. The number of benzene rings is 1. The highest BCUT2D eigenvalue weighted by atomic mass is 16.5. The molecule has 2 atom stereocenters. The highest BCUT2D eigenvalue weighted by Gasteiger charge is 2.25. The summed E-state index contributed by atoms with van der Waals surface area (Å²) in [4.78, 5) is 0. The van der Waals surface area contributed by atoms with Crippen LogP contribution in [0.2, 0.25) is 0 Å². The lowest BCUT2D eigenvalue weighted by atomic mass is 9.92. The summed E-state index contributed by atoms with van der Waals surface area (Å²) >= 11 is 0. The summed E-state index contributed by atoms with van der Waals surface area (Å²) in [5.74, 6) is 0. The average Bonchev–Trinajstić information content (AvgIpc) is 2.23. The number of hydrogen-bond acceptors (Lipinski definition) is 2. The molecule has 1 aliphatic rings. The normalized spacial score (nSPS) is 25.9. The van der Waals surface area contributed by atoms with Crippen LogP contribution < -0.4 is 5.73 Å². The molecule has 2 N–H and O–H groups in total. The molecule has 1 aromatic rings. The Hall–Kier alpha value is -0.860. The Bertz CT molecular complexity index is 311. The summed E-state index contributed by atoms with van der Waals surface area (Å²) in [6.07, 6.45) is 2.38. The molecule has 14 heavy (non-hydrogen) atoms. The first-order valence-corrected chi connectivity index (χ1v) is 5.28. The number of ether oxygens (including phenoxy) is 1. The highest BCUT2D eigenvalue weighted by Crippen LogP contribution is 2.29. The number of hydrogen-bond donors (Lipinski definition) is 1. The molecule has 0 fully saturated rings. The van der Waals surface area contributed by atoms with Gasteiger partial charge in [0.25, 0.3) is 0 Å². The Morgan fingerprint density at radius 1 is 1.43 bits per heavy atom. The van der Waals surface area contributed by atoms with Crippen molar-refractivity contribution in [3.05, 3.63) is 35.4 Å². The van der Waals surface area contributed by atoms with E-state index in [0.717, 1.165) is 12.8 Å². The molecular weight excluding hydrogens is 174 g/mol. The fourth-order valence-electron chi connectivity index (χ4n) is 2.04. The van der Waals surface area contributed by atoms with E-state index in [1.807, 2.05) is 12.1 Å². The van der Waals surface area contributed by atoms with Crippen LogP contribution in [0.15, 0.2) is 24.3 Å². The third kappa shape index (κ3) is 1.68. The molecule has 0 aliphatic carbocycles. The van der Waals surface area contributed by atoms with E-state index in [1.54, 1.807) is 0 Å². The number of nitrogens with two attached hydrogens (primary N) is 1. The van der Waals surface area contributed by atoms with Crippen molar-refractivity contribution in [1.82, 2.24) is 0 Å². The van der Waals surface area contributed by atoms with E-state index >= 15 is 0 Å². The minimum atomic E-state index is 0.0555. The Morgan fingerprint density at radius 2 is 2.21 bits per heavy atom. The molecule has 0 radical (unpaired) electrons. The highest BCUT2D eigenvalue weighted by molar-refractivity contribution is 5.31. The molecule has 0 aromatic heterocycles. The third-order valence-electron chi connectivity index (χ3n) is 2.84. The molecule has 1 aromatic carbocycles. The summed E-state index contributed by atoms with van der Waals surface area (Å²) in [5.41, 5.74) is 8.66. The van der Waals surface area contributed by atoms with Crippen molar-refractivity contribution < 1.29 is 4.74 Å². The minimum absolute atomic E-state index is 0.0555. The SMILES string of the molecule is CCC[C@@H]1OCc2ccccc2C1N. The zero-order valence-corrected chi connectivity index (χ0v) is 8.57. The van der Waals surface area contributed by atoms with Gasteiger partial charge in [-0.05, 0) is 17.5 Å². The molecule has 2 rings (SSSR count). The molecule has 1 unspecified atom stereocenters. The third-order valence-corrected chi connectivity index (χ3v) is 2.84. The van der Waals surface area contributed by atoms with Gasteiger partial charge in [-0.15, -0.1) is 0 Å². The average molecular weight is 191 g/mol. The van der Waals surface area contributed by atoms with E-state index in [1.165, 1.54) is 11.1 Å². The van der Waals surface area contributed by atoms with Crippen molar-refractivity contribution in [1.29, 1.82) is 0 Å². The molecule has 0 saturated heterocycles. The van der Waals surface area contributed by atoms with Crippen LogP contribution in [-0.4, -0.2) is 6.10 Å². The second-order valence-electron chi connectivity index (χ2n) is 3.86. The van der Waals surface area contributed by atoms with Gasteiger partial charge in [-0.2, -0.15) is 0 Å². The molecule has 2 heteroatoms. The van der Waals surface area contributed by atoms with Crippen molar-refractivity contribution in [3.63, 3.8) is 0 Å². The lowest BCUT2D eigenvalue weighted by molar-refractivity contribution is 0.00338. The predicted molar refractivity (Wildman–Crippen MR) is 56.9 cm³/mol. The zero-order valence-electron chi connectivity index (χ0n) is 8.57. The quantitative estimate of drug-likeness (QED) is 0.779. The second-order valence-corrected chi connectivity index (χ2v) is 3.86. The number of fused-ring (bicyclic) bond motifs is 1. The van der Waals surface area contributed by atoms with E-state index < -0.39 is 0 Å². The Balaban J connectivity index is 2.22. The molecule has 76 valence electrons. The monoisotopic (exact) mass is 191 g/mol. The van der Waals surface area contributed by atoms with Crippen LogP contribution in [-0.2, 0) is 11.3 Å². The van der Waals surface area contributed by atoms with Gasteiger partial charge < -0.3 is 10.5 Å². The van der Waals surface area contributed by atoms with Crippen LogP contribution in [0, 0.1) is 0 Å². The van der Waals surface area contributed by atoms with Crippen molar-refractivity contribution >= 4 is 0 Å². The summed E-state index contributed by atoms with van der Waals surface area (Å²) in [5, 5.41) is 0. The second kappa shape index (κ2) is 4.11. The van der Waals surface area contributed by atoms with Crippen molar-refractivity contribution in [2.24, 2.45) is 5.73 Å². The van der Waals surface area contributed by atoms with Gasteiger partial charge in [0.15, 0.2) is 0 Å². The molecule has 0 amide bonds. The summed E-state index contributed by atoms with van der Waals surface area (Å²) in [6, 6.07) is 8.35. The predicted octanol–water partition coefficient (Wildman–Crippen LogP) is 2.39. The van der Waals surface area contributed by atoms with E-state index in [4.69, 9.17) is 10.5 Å². The zero-order chi connectivity index (χ0) is 9.97. The molecule has 1 aliphatic heterocycles. The van der Waals surface area contributed by atoms with Crippen LogP contribution >= 0.6 is 0 Å². The van der Waals surface area contributed by atoms with Crippen LogP contribution in [0.5, 0.6) is 0 Å².